The van der Waals surface area contributed by atoms with E-state index in [-0.39, 0.29) is 0 Å². The van der Waals surface area contributed by atoms with E-state index < -0.39 is 0 Å². The van der Waals surface area contributed by atoms with E-state index in [9.17, 15) is 0 Å². The second-order valence-electron chi connectivity index (χ2n) is 4.80. The number of hydrogen-bond donors (Lipinski definition) is 1. The number of rotatable bonds is 5. The van der Waals surface area contributed by atoms with Gasteiger partial charge in [-0.1, -0.05) is 30.3 Å². The fourth-order valence-electron chi connectivity index (χ4n) is 2.26. The highest BCUT2D eigenvalue weighted by Gasteiger charge is 2.12. The molecule has 3 heteroatoms. The van der Waals surface area contributed by atoms with Gasteiger partial charge in [-0.2, -0.15) is 0 Å². The van der Waals surface area contributed by atoms with Crippen molar-refractivity contribution in [1.29, 1.82) is 0 Å². The highest BCUT2D eigenvalue weighted by molar-refractivity contribution is 5.98. The Hall–Kier alpha value is -1.19. The largest absolute Gasteiger partial charge is 0.370 e. The van der Waals surface area contributed by atoms with Crippen LogP contribution in [0.4, 0.5) is 0 Å². The second kappa shape index (κ2) is 7.29. The van der Waals surface area contributed by atoms with Crippen molar-refractivity contribution in [2.75, 3.05) is 39.4 Å². The SMILES string of the molecule is CC(=NCCC[NH+]1CCOCC1)c1ccccc1. The summed E-state index contributed by atoms with van der Waals surface area (Å²) in [6, 6.07) is 10.4. The number of nitrogens with zero attached hydrogens (tertiary/aromatic N) is 1. The Balaban J connectivity index is 1.70. The minimum absolute atomic E-state index is 0.918. The maximum Gasteiger partial charge on any atom is 0.101 e. The first kappa shape index (κ1) is 13.2. The molecule has 0 atom stereocenters. The quantitative estimate of drug-likeness (QED) is 0.604. The summed E-state index contributed by atoms with van der Waals surface area (Å²) in [6.07, 6.45) is 1.17. The van der Waals surface area contributed by atoms with Crippen molar-refractivity contribution < 1.29 is 9.64 Å². The molecule has 0 amide bonds. The van der Waals surface area contributed by atoms with E-state index in [1.807, 2.05) is 6.07 Å². The third-order valence-corrected chi connectivity index (χ3v) is 3.43. The molecule has 0 bridgehead atoms. The van der Waals surface area contributed by atoms with Gasteiger partial charge in [-0.3, -0.25) is 4.99 Å². The molecule has 3 nitrogen and oxygen atoms in total. The molecule has 1 aromatic carbocycles. The molecule has 1 heterocycles. The molecule has 2 rings (SSSR count). The van der Waals surface area contributed by atoms with E-state index in [1.165, 1.54) is 18.5 Å². The summed E-state index contributed by atoms with van der Waals surface area (Å²) in [6.45, 7) is 8.39. The van der Waals surface area contributed by atoms with Gasteiger partial charge in [0.05, 0.1) is 19.8 Å². The molecule has 1 aliphatic heterocycles. The zero-order valence-corrected chi connectivity index (χ0v) is 11.2. The highest BCUT2D eigenvalue weighted by Crippen LogP contribution is 2.00. The molecule has 1 N–H and O–H groups in total. The molecule has 18 heavy (non-hydrogen) atoms. The Morgan fingerprint density at radius 2 is 1.94 bits per heavy atom. The Labute approximate surface area is 109 Å². The minimum atomic E-state index is 0.918. The fraction of sp³-hybridized carbons (Fsp3) is 0.533. The van der Waals surface area contributed by atoms with Crippen molar-refractivity contribution >= 4 is 5.71 Å². The molecular weight excluding hydrogens is 224 g/mol. The summed E-state index contributed by atoms with van der Waals surface area (Å²) in [5, 5.41) is 0. The molecule has 0 saturated carbocycles. The van der Waals surface area contributed by atoms with Crippen molar-refractivity contribution in [2.45, 2.75) is 13.3 Å². The van der Waals surface area contributed by atoms with Crippen LogP contribution in [0.25, 0.3) is 0 Å². The van der Waals surface area contributed by atoms with E-state index in [1.54, 1.807) is 4.90 Å². The van der Waals surface area contributed by atoms with Crippen LogP contribution in [0, 0.1) is 0 Å². The first-order valence-corrected chi connectivity index (χ1v) is 6.84. The number of ether oxygens (including phenoxy) is 1. The van der Waals surface area contributed by atoms with Crippen LogP contribution in [0.5, 0.6) is 0 Å². The average Bonchev–Trinajstić information content (AvgIpc) is 2.45. The van der Waals surface area contributed by atoms with Crippen LogP contribution in [-0.4, -0.2) is 45.1 Å². The number of hydrogen-bond acceptors (Lipinski definition) is 2. The lowest BCUT2D eigenvalue weighted by Crippen LogP contribution is -3.14. The molecule has 1 fully saturated rings. The number of benzene rings is 1. The maximum atomic E-state index is 5.35. The van der Waals surface area contributed by atoms with Crippen LogP contribution in [0.3, 0.4) is 0 Å². The molecular formula is C15H23N2O+. The average molecular weight is 247 g/mol. The van der Waals surface area contributed by atoms with Crippen molar-refractivity contribution in [2.24, 2.45) is 4.99 Å². The fourth-order valence-corrected chi connectivity index (χ4v) is 2.26. The molecule has 1 aromatic rings. The molecule has 0 aliphatic carbocycles. The van der Waals surface area contributed by atoms with Crippen LogP contribution in [0.1, 0.15) is 18.9 Å². The lowest BCUT2D eigenvalue weighted by molar-refractivity contribution is -0.908. The first-order chi connectivity index (χ1) is 8.86. The van der Waals surface area contributed by atoms with E-state index in [0.29, 0.717) is 0 Å². The molecule has 0 aromatic heterocycles. The predicted molar refractivity (Wildman–Crippen MR) is 74.5 cm³/mol. The van der Waals surface area contributed by atoms with Gasteiger partial charge in [0.1, 0.15) is 13.1 Å². The van der Waals surface area contributed by atoms with Crippen molar-refractivity contribution in [3.8, 4) is 0 Å². The van der Waals surface area contributed by atoms with Crippen LogP contribution >= 0.6 is 0 Å². The van der Waals surface area contributed by atoms with Gasteiger partial charge in [-0.25, -0.2) is 0 Å². The zero-order chi connectivity index (χ0) is 12.6. The zero-order valence-electron chi connectivity index (χ0n) is 11.2. The normalized spacial score (nSPS) is 17.9. The van der Waals surface area contributed by atoms with Gasteiger partial charge in [-0.15, -0.1) is 0 Å². The summed E-state index contributed by atoms with van der Waals surface area (Å²) in [5.74, 6) is 0. The van der Waals surface area contributed by atoms with E-state index >= 15 is 0 Å². The van der Waals surface area contributed by atoms with Crippen LogP contribution in [0.2, 0.25) is 0 Å². The second-order valence-corrected chi connectivity index (χ2v) is 4.80. The predicted octanol–water partition coefficient (Wildman–Crippen LogP) is 0.801. The van der Waals surface area contributed by atoms with Gasteiger partial charge in [-0.05, 0) is 12.5 Å². The highest BCUT2D eigenvalue weighted by atomic mass is 16.5. The van der Waals surface area contributed by atoms with Crippen molar-refractivity contribution in [1.82, 2.24) is 0 Å². The Morgan fingerprint density at radius 3 is 2.67 bits per heavy atom. The number of quaternary nitrogens is 1. The molecule has 98 valence electrons. The van der Waals surface area contributed by atoms with Gasteiger partial charge in [0.25, 0.3) is 0 Å². The summed E-state index contributed by atoms with van der Waals surface area (Å²) >= 11 is 0. The summed E-state index contributed by atoms with van der Waals surface area (Å²) in [5.41, 5.74) is 2.38. The lowest BCUT2D eigenvalue weighted by atomic mass is 10.1. The Morgan fingerprint density at radius 1 is 1.22 bits per heavy atom. The Bertz CT molecular complexity index is 369. The first-order valence-electron chi connectivity index (χ1n) is 6.84. The minimum Gasteiger partial charge on any atom is -0.370 e. The van der Waals surface area contributed by atoms with Crippen molar-refractivity contribution in [3.63, 3.8) is 0 Å². The van der Waals surface area contributed by atoms with Gasteiger partial charge in [0.2, 0.25) is 0 Å². The number of nitrogens with one attached hydrogen (secondary N) is 1. The van der Waals surface area contributed by atoms with E-state index in [2.05, 4.69) is 36.2 Å². The van der Waals surface area contributed by atoms with Crippen LogP contribution in [-0.2, 0) is 4.74 Å². The molecule has 0 unspecified atom stereocenters. The van der Waals surface area contributed by atoms with Gasteiger partial charge < -0.3 is 9.64 Å². The molecule has 1 saturated heterocycles. The van der Waals surface area contributed by atoms with Crippen LogP contribution in [0.15, 0.2) is 35.3 Å². The topological polar surface area (TPSA) is 26.0 Å². The van der Waals surface area contributed by atoms with E-state index in [0.717, 1.165) is 38.6 Å². The van der Waals surface area contributed by atoms with Crippen LogP contribution < -0.4 is 4.90 Å². The number of morpholine rings is 1. The van der Waals surface area contributed by atoms with Gasteiger partial charge in [0.15, 0.2) is 0 Å². The summed E-state index contributed by atoms with van der Waals surface area (Å²) in [4.78, 5) is 6.31. The van der Waals surface area contributed by atoms with Crippen molar-refractivity contribution in [3.05, 3.63) is 35.9 Å². The Kier molecular flexibility index (Phi) is 5.36. The third kappa shape index (κ3) is 4.24. The lowest BCUT2D eigenvalue weighted by Gasteiger charge is -2.23. The molecule has 1 aliphatic rings. The summed E-state index contributed by atoms with van der Waals surface area (Å²) < 4.78 is 5.35. The molecule has 0 spiro atoms. The smallest absolute Gasteiger partial charge is 0.101 e. The number of aliphatic imine (C=N–C) groups is 1. The standard InChI is InChI=1S/C15H22N2O/c1-14(15-6-3-2-4-7-15)16-8-5-9-17-10-12-18-13-11-17/h2-4,6-7H,5,8-13H2,1H3/p+1. The van der Waals surface area contributed by atoms with E-state index in [4.69, 9.17) is 4.74 Å². The third-order valence-electron chi connectivity index (χ3n) is 3.43. The monoisotopic (exact) mass is 247 g/mol. The summed E-state index contributed by atoms with van der Waals surface area (Å²) in [7, 11) is 0. The van der Waals surface area contributed by atoms with Gasteiger partial charge >= 0.3 is 0 Å². The molecule has 0 radical (unpaired) electrons. The van der Waals surface area contributed by atoms with Gasteiger partial charge in [0, 0.05) is 18.7 Å². The maximum absolute atomic E-state index is 5.35.